The van der Waals surface area contributed by atoms with Gasteiger partial charge in [-0.3, -0.25) is 9.69 Å². The van der Waals surface area contributed by atoms with Gasteiger partial charge in [-0.05, 0) is 32.3 Å². The van der Waals surface area contributed by atoms with E-state index in [4.69, 9.17) is 4.74 Å². The number of imidazole rings is 1. The van der Waals surface area contributed by atoms with Crippen LogP contribution in [0, 0.1) is 12.8 Å². The molecule has 0 aromatic carbocycles. The summed E-state index contributed by atoms with van der Waals surface area (Å²) < 4.78 is 7.79. The minimum Gasteiger partial charge on any atom is -0.381 e. The fourth-order valence-corrected chi connectivity index (χ4v) is 5.12. The quantitative estimate of drug-likeness (QED) is 0.844. The maximum Gasteiger partial charge on any atom is 0.223 e. The molecule has 154 valence electrons. The number of carbonyl (C=O) groups is 1. The molecule has 1 amide bonds. The molecule has 29 heavy (non-hydrogen) atoms. The number of carbonyl (C=O) groups excluding carboxylic acids is 1. The van der Waals surface area contributed by atoms with Gasteiger partial charge in [-0.1, -0.05) is 0 Å². The summed E-state index contributed by atoms with van der Waals surface area (Å²) in [4.78, 5) is 28.4. The molecule has 5 rings (SSSR count). The summed E-state index contributed by atoms with van der Waals surface area (Å²) in [5.74, 6) is 1.19. The first-order valence-electron chi connectivity index (χ1n) is 10.5. The Balaban J connectivity index is 1.24. The molecule has 5 heterocycles. The molecule has 2 aromatic rings. The van der Waals surface area contributed by atoms with Crippen LogP contribution in [0.1, 0.15) is 48.9 Å². The van der Waals surface area contributed by atoms with E-state index in [9.17, 15) is 4.79 Å². The van der Waals surface area contributed by atoms with E-state index in [-0.39, 0.29) is 23.4 Å². The monoisotopic (exact) mass is 396 g/mol. The zero-order chi connectivity index (χ0) is 19.8. The average Bonchev–Trinajstić information content (AvgIpc) is 3.14. The third-order valence-electron chi connectivity index (χ3n) is 6.50. The molecule has 1 N–H and O–H groups in total. The molecule has 0 saturated carbocycles. The van der Waals surface area contributed by atoms with Gasteiger partial charge in [-0.2, -0.15) is 0 Å². The van der Waals surface area contributed by atoms with Crippen molar-refractivity contribution < 1.29 is 9.53 Å². The first kappa shape index (κ1) is 18.7. The molecule has 3 aliphatic heterocycles. The first-order valence-corrected chi connectivity index (χ1v) is 10.5. The van der Waals surface area contributed by atoms with Crippen LogP contribution in [0.4, 0.5) is 0 Å². The number of rotatable bonds is 4. The Morgan fingerprint density at radius 2 is 2.17 bits per heavy atom. The lowest BCUT2D eigenvalue weighted by Gasteiger charge is -2.49. The van der Waals surface area contributed by atoms with Crippen molar-refractivity contribution in [2.75, 3.05) is 26.3 Å². The Morgan fingerprint density at radius 3 is 3.03 bits per heavy atom. The number of aromatic nitrogens is 4. The van der Waals surface area contributed by atoms with Gasteiger partial charge in [0, 0.05) is 63.3 Å². The molecule has 2 unspecified atom stereocenters. The number of hydrogen-bond acceptors (Lipinski definition) is 6. The summed E-state index contributed by atoms with van der Waals surface area (Å²) in [5, 5.41) is 3.30. The number of ether oxygens (including phenoxy) is 1. The van der Waals surface area contributed by atoms with Crippen molar-refractivity contribution in [2.45, 2.75) is 50.7 Å². The third-order valence-corrected chi connectivity index (χ3v) is 6.50. The van der Waals surface area contributed by atoms with E-state index in [1.165, 1.54) is 0 Å². The van der Waals surface area contributed by atoms with E-state index in [2.05, 4.69) is 35.9 Å². The molecule has 2 aromatic heterocycles. The Kier molecular flexibility index (Phi) is 4.83. The van der Waals surface area contributed by atoms with Crippen LogP contribution in [0.15, 0.2) is 24.8 Å². The van der Waals surface area contributed by atoms with E-state index in [0.29, 0.717) is 6.61 Å². The van der Waals surface area contributed by atoms with E-state index >= 15 is 0 Å². The first-order chi connectivity index (χ1) is 14.1. The van der Waals surface area contributed by atoms with Gasteiger partial charge < -0.3 is 14.6 Å². The second-order valence-electron chi connectivity index (χ2n) is 8.68. The molecule has 8 heteroatoms. The summed E-state index contributed by atoms with van der Waals surface area (Å²) in [7, 11) is 0. The minimum absolute atomic E-state index is 0.00915. The van der Waals surface area contributed by atoms with Crippen molar-refractivity contribution in [1.29, 1.82) is 0 Å². The molecular weight excluding hydrogens is 368 g/mol. The zero-order valence-electron chi connectivity index (χ0n) is 16.9. The van der Waals surface area contributed by atoms with Crippen LogP contribution in [-0.4, -0.2) is 56.6 Å². The lowest BCUT2D eigenvalue weighted by Crippen LogP contribution is -2.60. The van der Waals surface area contributed by atoms with Crippen LogP contribution >= 0.6 is 0 Å². The van der Waals surface area contributed by atoms with Crippen molar-refractivity contribution in [1.82, 2.24) is 29.7 Å². The minimum atomic E-state index is -0.00915. The van der Waals surface area contributed by atoms with Crippen LogP contribution in [0.2, 0.25) is 0 Å². The van der Waals surface area contributed by atoms with Crippen molar-refractivity contribution in [3.63, 3.8) is 0 Å². The van der Waals surface area contributed by atoms with Gasteiger partial charge in [0.05, 0.1) is 17.3 Å². The third kappa shape index (κ3) is 3.55. The van der Waals surface area contributed by atoms with Gasteiger partial charge >= 0.3 is 0 Å². The zero-order valence-corrected chi connectivity index (χ0v) is 16.9. The van der Waals surface area contributed by atoms with E-state index in [1.807, 2.05) is 19.2 Å². The van der Waals surface area contributed by atoms with Crippen LogP contribution in [0.5, 0.6) is 0 Å². The van der Waals surface area contributed by atoms with Crippen LogP contribution in [0.3, 0.4) is 0 Å². The Hall–Kier alpha value is -2.32. The molecule has 3 aliphatic rings. The second-order valence-corrected chi connectivity index (χ2v) is 8.68. The normalized spacial score (nSPS) is 26.0. The van der Waals surface area contributed by atoms with Gasteiger partial charge in [0.1, 0.15) is 12.2 Å². The fraction of sp³-hybridized carbons (Fsp3) is 0.619. The molecule has 0 bridgehead atoms. The Morgan fingerprint density at radius 1 is 1.28 bits per heavy atom. The predicted octanol–water partition coefficient (Wildman–Crippen LogP) is 1.57. The van der Waals surface area contributed by atoms with Crippen molar-refractivity contribution >= 4 is 5.91 Å². The number of nitrogens with zero attached hydrogens (tertiary/aromatic N) is 5. The molecule has 2 saturated heterocycles. The molecule has 0 aliphatic carbocycles. The smallest absolute Gasteiger partial charge is 0.223 e. The summed E-state index contributed by atoms with van der Waals surface area (Å²) in [6.45, 7) is 6.16. The van der Waals surface area contributed by atoms with Gasteiger partial charge in [0.25, 0.3) is 0 Å². The second kappa shape index (κ2) is 7.50. The number of aryl methyl sites for hydroxylation is 1. The highest BCUT2D eigenvalue weighted by Gasteiger charge is 2.52. The number of hydrogen-bond donors (Lipinski definition) is 1. The summed E-state index contributed by atoms with van der Waals surface area (Å²) in [5.41, 5.74) is 2.07. The molecule has 1 spiro atoms. The van der Waals surface area contributed by atoms with E-state index < -0.39 is 0 Å². The van der Waals surface area contributed by atoms with Crippen molar-refractivity contribution in [3.8, 4) is 0 Å². The van der Waals surface area contributed by atoms with Gasteiger partial charge in [0.2, 0.25) is 5.91 Å². The maximum atomic E-state index is 12.9. The standard InChI is InChI=1S/C21H28N6O2/c1-15-9-17(24-14-23-15)11-26-12-21(13-26)10-18(19-22-5-6-27(19)21)25-20(28)16-3-2-7-29-8-4-16/h5-6,9,14,16,18H,2-4,7-8,10-13H2,1H3,(H,25,28). The largest absolute Gasteiger partial charge is 0.381 e. The van der Waals surface area contributed by atoms with Crippen molar-refractivity contribution in [2.24, 2.45) is 5.92 Å². The average molecular weight is 396 g/mol. The SMILES string of the molecule is Cc1cc(CN2CC3(CC(NC(=O)C4CCCOCC4)c4nccn43)C2)ncn1. The number of nitrogens with one attached hydrogen (secondary N) is 1. The van der Waals surface area contributed by atoms with Gasteiger partial charge in [-0.25, -0.2) is 15.0 Å². The topological polar surface area (TPSA) is 85.2 Å². The Labute approximate surface area is 170 Å². The highest BCUT2D eigenvalue weighted by atomic mass is 16.5. The molecular formula is C21H28N6O2. The summed E-state index contributed by atoms with van der Waals surface area (Å²) in [6.07, 6.45) is 9.13. The number of likely N-dealkylation sites (tertiary alicyclic amines) is 1. The number of amides is 1. The maximum absolute atomic E-state index is 12.9. The van der Waals surface area contributed by atoms with Gasteiger partial charge in [-0.15, -0.1) is 0 Å². The highest BCUT2D eigenvalue weighted by molar-refractivity contribution is 5.79. The molecule has 2 atom stereocenters. The molecule has 2 fully saturated rings. The summed E-state index contributed by atoms with van der Waals surface area (Å²) >= 11 is 0. The van der Waals surface area contributed by atoms with Gasteiger partial charge in [0.15, 0.2) is 0 Å². The van der Waals surface area contributed by atoms with E-state index in [0.717, 1.165) is 69.1 Å². The Bertz CT molecular complexity index is 883. The summed E-state index contributed by atoms with van der Waals surface area (Å²) in [6, 6.07) is 2.03. The van der Waals surface area contributed by atoms with E-state index in [1.54, 1.807) is 6.33 Å². The fourth-order valence-electron chi connectivity index (χ4n) is 5.12. The lowest BCUT2D eigenvalue weighted by atomic mass is 9.85. The lowest BCUT2D eigenvalue weighted by molar-refractivity contribution is -0.126. The molecule has 8 nitrogen and oxygen atoms in total. The predicted molar refractivity (Wildman–Crippen MR) is 106 cm³/mol. The van der Waals surface area contributed by atoms with Crippen LogP contribution in [-0.2, 0) is 21.6 Å². The van der Waals surface area contributed by atoms with Crippen molar-refractivity contribution in [3.05, 3.63) is 42.0 Å². The molecule has 0 radical (unpaired) electrons. The van der Waals surface area contributed by atoms with Crippen LogP contribution < -0.4 is 5.32 Å². The highest BCUT2D eigenvalue weighted by Crippen LogP contribution is 2.45. The number of fused-ring (bicyclic) bond motifs is 2. The van der Waals surface area contributed by atoms with Crippen LogP contribution in [0.25, 0.3) is 0 Å².